The van der Waals surface area contributed by atoms with Gasteiger partial charge < -0.3 is 14.2 Å². The molecule has 0 N–H and O–H groups in total. The van der Waals surface area contributed by atoms with Crippen LogP contribution in [0.4, 0.5) is 4.79 Å². The minimum atomic E-state index is -0.871. The molecule has 1 heterocycles. The molecule has 0 aromatic heterocycles. The summed E-state index contributed by atoms with van der Waals surface area (Å²) >= 11 is 0. The van der Waals surface area contributed by atoms with Gasteiger partial charge in [0.2, 0.25) is 6.10 Å². The van der Waals surface area contributed by atoms with Gasteiger partial charge in [-0.3, -0.25) is 0 Å². The molecular weight excluding hydrogens is 164 g/mol. The number of hydrogen-bond acceptors (Lipinski definition) is 5. The first-order valence-electron chi connectivity index (χ1n) is 3.74. The molecule has 0 amide bonds. The van der Waals surface area contributed by atoms with E-state index in [-0.39, 0.29) is 6.61 Å². The van der Waals surface area contributed by atoms with Crippen LogP contribution >= 0.6 is 0 Å². The fourth-order valence-corrected chi connectivity index (χ4v) is 0.740. The maximum Gasteiger partial charge on any atom is 0.509 e. The lowest BCUT2D eigenvalue weighted by atomic mass is 10.4. The highest BCUT2D eigenvalue weighted by Gasteiger charge is 2.32. The number of rotatable bonds is 3. The topological polar surface area (TPSA) is 61.8 Å². The summed E-state index contributed by atoms with van der Waals surface area (Å²) in [7, 11) is 0. The number of esters is 1. The zero-order valence-electron chi connectivity index (χ0n) is 6.74. The Balaban J connectivity index is 2.28. The summed E-state index contributed by atoms with van der Waals surface area (Å²) in [6, 6.07) is 0. The van der Waals surface area contributed by atoms with Gasteiger partial charge in [0.15, 0.2) is 0 Å². The molecule has 0 saturated carbocycles. The lowest BCUT2D eigenvalue weighted by Gasteiger charge is -2.05. The third-order valence-electron chi connectivity index (χ3n) is 1.30. The number of hydrogen-bond donors (Lipinski definition) is 0. The maximum atomic E-state index is 11.0. The van der Waals surface area contributed by atoms with Crippen molar-refractivity contribution in [1.29, 1.82) is 0 Å². The minimum Gasteiger partial charge on any atom is -0.463 e. The van der Waals surface area contributed by atoms with Crippen molar-refractivity contribution in [3.8, 4) is 0 Å². The van der Waals surface area contributed by atoms with Crippen molar-refractivity contribution in [3.05, 3.63) is 0 Å². The van der Waals surface area contributed by atoms with Crippen LogP contribution in [0, 0.1) is 0 Å². The van der Waals surface area contributed by atoms with Crippen molar-refractivity contribution in [3.63, 3.8) is 0 Å². The summed E-state index contributed by atoms with van der Waals surface area (Å²) in [5.41, 5.74) is 0. The van der Waals surface area contributed by atoms with Crippen LogP contribution in [0.5, 0.6) is 0 Å². The van der Waals surface area contributed by atoms with E-state index in [1.165, 1.54) is 0 Å². The number of carbonyl (C=O) groups excluding carboxylic acids is 2. The van der Waals surface area contributed by atoms with Crippen LogP contribution in [0.15, 0.2) is 0 Å². The standard InChI is InChI=1S/C7H10O5/c1-2-3-10-6(8)5-4-11-7(9)12-5/h5H,2-4H2,1H3. The van der Waals surface area contributed by atoms with E-state index in [9.17, 15) is 9.59 Å². The molecule has 12 heavy (non-hydrogen) atoms. The molecule has 0 aromatic rings. The molecule has 68 valence electrons. The van der Waals surface area contributed by atoms with E-state index < -0.39 is 18.2 Å². The normalized spacial score (nSPS) is 21.4. The van der Waals surface area contributed by atoms with Gasteiger partial charge in [-0.25, -0.2) is 9.59 Å². The Bertz CT molecular complexity index is 188. The van der Waals surface area contributed by atoms with Crippen molar-refractivity contribution < 1.29 is 23.8 Å². The molecule has 0 aliphatic carbocycles. The quantitative estimate of drug-likeness (QED) is 0.582. The van der Waals surface area contributed by atoms with Crippen molar-refractivity contribution in [2.75, 3.05) is 13.2 Å². The number of carbonyl (C=O) groups is 2. The minimum absolute atomic E-state index is 0.0403. The fourth-order valence-electron chi connectivity index (χ4n) is 0.740. The molecule has 1 unspecified atom stereocenters. The van der Waals surface area contributed by atoms with Crippen LogP contribution in [0.3, 0.4) is 0 Å². The van der Waals surface area contributed by atoms with Crippen molar-refractivity contribution in [1.82, 2.24) is 0 Å². The molecule has 0 aromatic carbocycles. The van der Waals surface area contributed by atoms with Gasteiger partial charge in [0.05, 0.1) is 6.61 Å². The van der Waals surface area contributed by atoms with E-state index in [0.717, 1.165) is 6.42 Å². The van der Waals surface area contributed by atoms with E-state index in [1.807, 2.05) is 6.92 Å². The van der Waals surface area contributed by atoms with Gasteiger partial charge in [-0.05, 0) is 6.42 Å². The highest BCUT2D eigenvalue weighted by atomic mass is 16.8. The molecule has 0 bridgehead atoms. The summed E-state index contributed by atoms with van der Waals surface area (Å²) < 4.78 is 13.6. The average Bonchev–Trinajstić information content (AvgIpc) is 2.47. The Morgan fingerprint density at radius 2 is 2.50 bits per heavy atom. The Hall–Kier alpha value is -1.26. The second kappa shape index (κ2) is 3.94. The molecule has 1 aliphatic rings. The van der Waals surface area contributed by atoms with E-state index in [0.29, 0.717) is 6.61 Å². The van der Waals surface area contributed by atoms with Gasteiger partial charge in [-0.1, -0.05) is 6.92 Å². The monoisotopic (exact) mass is 174 g/mol. The molecule has 0 radical (unpaired) electrons. The largest absolute Gasteiger partial charge is 0.509 e. The SMILES string of the molecule is CCCOC(=O)C1COC(=O)O1. The van der Waals surface area contributed by atoms with E-state index in [4.69, 9.17) is 4.74 Å². The number of ether oxygens (including phenoxy) is 3. The van der Waals surface area contributed by atoms with Gasteiger partial charge in [0.25, 0.3) is 0 Å². The first-order valence-corrected chi connectivity index (χ1v) is 3.74. The molecule has 0 spiro atoms. The van der Waals surface area contributed by atoms with Gasteiger partial charge in [-0.15, -0.1) is 0 Å². The van der Waals surface area contributed by atoms with Crippen LogP contribution in [0.2, 0.25) is 0 Å². The third kappa shape index (κ3) is 2.11. The van der Waals surface area contributed by atoms with E-state index in [2.05, 4.69) is 9.47 Å². The van der Waals surface area contributed by atoms with Crippen LogP contribution < -0.4 is 0 Å². The van der Waals surface area contributed by atoms with E-state index >= 15 is 0 Å². The fraction of sp³-hybridized carbons (Fsp3) is 0.714. The molecular formula is C7H10O5. The molecule has 1 saturated heterocycles. The van der Waals surface area contributed by atoms with Crippen LogP contribution in [0.25, 0.3) is 0 Å². The summed E-state index contributed by atoms with van der Waals surface area (Å²) in [6.07, 6.45) is -0.940. The van der Waals surface area contributed by atoms with Gasteiger partial charge in [0.1, 0.15) is 6.61 Å². The summed E-state index contributed by atoms with van der Waals surface area (Å²) in [4.78, 5) is 21.3. The Morgan fingerprint density at radius 3 is 3.00 bits per heavy atom. The first kappa shape index (κ1) is 8.83. The van der Waals surface area contributed by atoms with Crippen LogP contribution in [-0.4, -0.2) is 31.4 Å². The molecule has 5 heteroatoms. The second-order valence-electron chi connectivity index (χ2n) is 2.33. The lowest BCUT2D eigenvalue weighted by Crippen LogP contribution is -2.25. The Kier molecular flexibility index (Phi) is 2.90. The van der Waals surface area contributed by atoms with Gasteiger partial charge in [0, 0.05) is 0 Å². The predicted octanol–water partition coefficient (Wildman–Crippen LogP) is 0.475. The second-order valence-corrected chi connectivity index (χ2v) is 2.33. The first-order chi connectivity index (χ1) is 5.74. The van der Waals surface area contributed by atoms with Crippen LogP contribution in [0.1, 0.15) is 13.3 Å². The molecule has 1 rings (SSSR count). The van der Waals surface area contributed by atoms with E-state index in [1.54, 1.807) is 0 Å². The van der Waals surface area contributed by atoms with Crippen LogP contribution in [-0.2, 0) is 19.0 Å². The average molecular weight is 174 g/mol. The Labute approximate surface area is 69.6 Å². The lowest BCUT2D eigenvalue weighted by molar-refractivity contribution is -0.151. The maximum absolute atomic E-state index is 11.0. The number of cyclic esters (lactones) is 2. The van der Waals surface area contributed by atoms with Crippen molar-refractivity contribution in [2.45, 2.75) is 19.4 Å². The summed E-state index contributed by atoms with van der Waals surface area (Å²) in [5, 5.41) is 0. The van der Waals surface area contributed by atoms with Gasteiger partial charge in [-0.2, -0.15) is 0 Å². The summed E-state index contributed by atoms with van der Waals surface area (Å²) in [6.45, 7) is 2.18. The smallest absolute Gasteiger partial charge is 0.463 e. The summed E-state index contributed by atoms with van der Waals surface area (Å²) in [5.74, 6) is -0.539. The third-order valence-corrected chi connectivity index (χ3v) is 1.30. The van der Waals surface area contributed by atoms with Crippen molar-refractivity contribution >= 4 is 12.1 Å². The zero-order chi connectivity index (χ0) is 8.97. The molecule has 1 aliphatic heterocycles. The molecule has 1 atom stereocenters. The zero-order valence-corrected chi connectivity index (χ0v) is 6.74. The van der Waals surface area contributed by atoms with Crippen molar-refractivity contribution in [2.24, 2.45) is 0 Å². The highest BCUT2D eigenvalue weighted by molar-refractivity contribution is 5.79. The molecule has 5 nitrogen and oxygen atoms in total. The highest BCUT2D eigenvalue weighted by Crippen LogP contribution is 2.07. The molecule has 1 fully saturated rings. The predicted molar refractivity (Wildman–Crippen MR) is 37.5 cm³/mol. The Morgan fingerprint density at radius 1 is 1.75 bits per heavy atom. The van der Waals surface area contributed by atoms with Gasteiger partial charge >= 0.3 is 12.1 Å².